The molecule has 1 aliphatic rings. The van der Waals surface area contributed by atoms with E-state index in [2.05, 4.69) is 19.2 Å². The molecule has 0 saturated heterocycles. The first-order valence-corrected chi connectivity index (χ1v) is 6.60. The molecule has 0 aliphatic heterocycles. The maximum Gasteiger partial charge on any atom is 0.0445 e. The van der Waals surface area contributed by atoms with E-state index in [1.807, 2.05) is 0 Å². The van der Waals surface area contributed by atoms with E-state index in [4.69, 9.17) is 5.11 Å². The maximum atomic E-state index is 8.90. The van der Waals surface area contributed by atoms with Crippen LogP contribution in [0.4, 0.5) is 0 Å². The van der Waals surface area contributed by atoms with Crippen LogP contribution < -0.4 is 5.32 Å². The molecule has 0 heterocycles. The summed E-state index contributed by atoms with van der Waals surface area (Å²) < 4.78 is 0. The van der Waals surface area contributed by atoms with Gasteiger partial charge in [0.2, 0.25) is 0 Å². The molecule has 1 aliphatic carbocycles. The molecule has 0 amide bonds. The van der Waals surface area contributed by atoms with Crippen molar-refractivity contribution in [3.63, 3.8) is 0 Å². The van der Waals surface area contributed by atoms with E-state index in [0.717, 1.165) is 31.2 Å². The Morgan fingerprint density at radius 2 is 1.93 bits per heavy atom. The third-order valence-corrected chi connectivity index (χ3v) is 3.80. The number of nitrogens with one attached hydrogen (secondary N) is 1. The Labute approximate surface area is 94.5 Å². The second-order valence-corrected chi connectivity index (χ2v) is 5.15. The molecule has 1 rings (SSSR count). The molecule has 1 unspecified atom stereocenters. The quantitative estimate of drug-likeness (QED) is 0.711. The lowest BCUT2D eigenvalue weighted by molar-refractivity contribution is 0.242. The van der Waals surface area contributed by atoms with Gasteiger partial charge in [-0.3, -0.25) is 0 Å². The van der Waals surface area contributed by atoms with Gasteiger partial charge >= 0.3 is 0 Å². The number of rotatable bonds is 6. The summed E-state index contributed by atoms with van der Waals surface area (Å²) in [6.45, 7) is 6.03. The first kappa shape index (κ1) is 13.0. The molecular formula is C13H27NO. The van der Waals surface area contributed by atoms with Crippen molar-refractivity contribution in [1.29, 1.82) is 0 Å². The molecule has 90 valence electrons. The van der Waals surface area contributed by atoms with Crippen molar-refractivity contribution in [2.45, 2.75) is 58.4 Å². The fourth-order valence-electron chi connectivity index (χ4n) is 2.47. The van der Waals surface area contributed by atoms with E-state index in [1.165, 1.54) is 25.7 Å². The Morgan fingerprint density at radius 1 is 1.27 bits per heavy atom. The lowest BCUT2D eigenvalue weighted by Crippen LogP contribution is -2.34. The molecule has 0 spiro atoms. The fraction of sp³-hybridized carbons (Fsp3) is 1.00. The minimum atomic E-state index is 0.313. The van der Waals surface area contributed by atoms with Crippen LogP contribution in [0.25, 0.3) is 0 Å². The van der Waals surface area contributed by atoms with Gasteiger partial charge in [0.25, 0.3) is 0 Å². The van der Waals surface area contributed by atoms with Gasteiger partial charge in [-0.1, -0.05) is 26.7 Å². The van der Waals surface area contributed by atoms with Gasteiger partial charge < -0.3 is 10.4 Å². The Kier molecular flexibility index (Phi) is 6.26. The molecule has 1 saturated carbocycles. The van der Waals surface area contributed by atoms with Crippen molar-refractivity contribution >= 4 is 0 Å². The molecule has 1 fully saturated rings. The van der Waals surface area contributed by atoms with Gasteiger partial charge in [-0.2, -0.15) is 0 Å². The second kappa shape index (κ2) is 7.24. The van der Waals surface area contributed by atoms with E-state index in [0.29, 0.717) is 12.6 Å². The Hall–Kier alpha value is -0.0800. The molecule has 0 aromatic carbocycles. The van der Waals surface area contributed by atoms with Crippen LogP contribution in [-0.4, -0.2) is 24.3 Å². The first-order valence-electron chi connectivity index (χ1n) is 6.60. The summed E-state index contributed by atoms with van der Waals surface area (Å²) in [5, 5.41) is 12.5. The standard InChI is InChI=1S/C13H27NO/c1-3-13(8-9-15)14-10-12-6-4-11(2)5-7-12/h11-15H,3-10H2,1-2H3. The number of hydrogen-bond donors (Lipinski definition) is 2. The summed E-state index contributed by atoms with van der Waals surface area (Å²) in [4.78, 5) is 0. The van der Waals surface area contributed by atoms with Crippen molar-refractivity contribution in [1.82, 2.24) is 5.32 Å². The van der Waals surface area contributed by atoms with E-state index in [-0.39, 0.29) is 0 Å². The average Bonchev–Trinajstić information content (AvgIpc) is 2.26. The molecule has 2 N–H and O–H groups in total. The highest BCUT2D eigenvalue weighted by molar-refractivity contribution is 4.74. The van der Waals surface area contributed by atoms with Crippen LogP contribution in [0.15, 0.2) is 0 Å². The summed E-state index contributed by atoms with van der Waals surface area (Å²) >= 11 is 0. The highest BCUT2D eigenvalue weighted by atomic mass is 16.3. The Morgan fingerprint density at radius 3 is 2.47 bits per heavy atom. The van der Waals surface area contributed by atoms with E-state index < -0.39 is 0 Å². The van der Waals surface area contributed by atoms with Crippen LogP contribution in [0.2, 0.25) is 0 Å². The van der Waals surface area contributed by atoms with Crippen LogP contribution in [0.5, 0.6) is 0 Å². The minimum Gasteiger partial charge on any atom is -0.396 e. The van der Waals surface area contributed by atoms with E-state index >= 15 is 0 Å². The number of aliphatic hydroxyl groups is 1. The van der Waals surface area contributed by atoms with Crippen molar-refractivity contribution in [2.75, 3.05) is 13.2 Å². The van der Waals surface area contributed by atoms with E-state index in [9.17, 15) is 0 Å². The average molecular weight is 213 g/mol. The third kappa shape index (κ3) is 4.98. The summed E-state index contributed by atoms with van der Waals surface area (Å²) in [5.41, 5.74) is 0. The summed E-state index contributed by atoms with van der Waals surface area (Å²) in [5.74, 6) is 1.83. The molecule has 0 radical (unpaired) electrons. The molecule has 0 aromatic heterocycles. The maximum absolute atomic E-state index is 8.90. The Bertz CT molecular complexity index is 153. The van der Waals surface area contributed by atoms with Gasteiger partial charge in [0, 0.05) is 12.6 Å². The van der Waals surface area contributed by atoms with Crippen molar-refractivity contribution < 1.29 is 5.11 Å². The van der Waals surface area contributed by atoms with Crippen molar-refractivity contribution in [3.05, 3.63) is 0 Å². The summed E-state index contributed by atoms with van der Waals surface area (Å²) in [7, 11) is 0. The van der Waals surface area contributed by atoms with Gasteiger partial charge in [0.15, 0.2) is 0 Å². The summed E-state index contributed by atoms with van der Waals surface area (Å²) in [6, 6.07) is 0.523. The number of aliphatic hydroxyl groups excluding tert-OH is 1. The van der Waals surface area contributed by atoms with Gasteiger partial charge in [-0.05, 0) is 44.1 Å². The summed E-state index contributed by atoms with van der Waals surface area (Å²) in [6.07, 6.45) is 7.63. The molecular weight excluding hydrogens is 186 g/mol. The molecule has 0 bridgehead atoms. The zero-order chi connectivity index (χ0) is 11.1. The number of hydrogen-bond acceptors (Lipinski definition) is 2. The van der Waals surface area contributed by atoms with Crippen LogP contribution in [-0.2, 0) is 0 Å². The fourth-order valence-corrected chi connectivity index (χ4v) is 2.47. The largest absolute Gasteiger partial charge is 0.396 e. The molecule has 0 aromatic rings. The van der Waals surface area contributed by atoms with Crippen LogP contribution >= 0.6 is 0 Å². The highest BCUT2D eigenvalue weighted by Crippen LogP contribution is 2.27. The van der Waals surface area contributed by atoms with Crippen LogP contribution in [0.3, 0.4) is 0 Å². The lowest BCUT2D eigenvalue weighted by Gasteiger charge is -2.28. The SMILES string of the molecule is CCC(CCO)NCC1CCC(C)CC1. The first-order chi connectivity index (χ1) is 7.26. The lowest BCUT2D eigenvalue weighted by atomic mass is 9.83. The van der Waals surface area contributed by atoms with Gasteiger partial charge in [-0.25, -0.2) is 0 Å². The molecule has 2 nitrogen and oxygen atoms in total. The van der Waals surface area contributed by atoms with Gasteiger partial charge in [-0.15, -0.1) is 0 Å². The zero-order valence-electron chi connectivity index (χ0n) is 10.3. The molecule has 1 atom stereocenters. The predicted octanol–water partition coefficient (Wildman–Crippen LogP) is 2.56. The third-order valence-electron chi connectivity index (χ3n) is 3.80. The van der Waals surface area contributed by atoms with Crippen LogP contribution in [0.1, 0.15) is 52.4 Å². The highest BCUT2D eigenvalue weighted by Gasteiger charge is 2.18. The minimum absolute atomic E-state index is 0.313. The predicted molar refractivity (Wildman–Crippen MR) is 64.9 cm³/mol. The second-order valence-electron chi connectivity index (χ2n) is 5.15. The zero-order valence-corrected chi connectivity index (χ0v) is 10.3. The Balaban J connectivity index is 2.12. The van der Waals surface area contributed by atoms with Crippen molar-refractivity contribution in [3.8, 4) is 0 Å². The van der Waals surface area contributed by atoms with Crippen LogP contribution in [0, 0.1) is 11.8 Å². The van der Waals surface area contributed by atoms with Gasteiger partial charge in [0.05, 0.1) is 0 Å². The molecule has 15 heavy (non-hydrogen) atoms. The monoisotopic (exact) mass is 213 g/mol. The normalized spacial score (nSPS) is 29.0. The topological polar surface area (TPSA) is 32.3 Å². The smallest absolute Gasteiger partial charge is 0.0445 e. The van der Waals surface area contributed by atoms with E-state index in [1.54, 1.807) is 0 Å². The molecule has 2 heteroatoms. The van der Waals surface area contributed by atoms with Crippen molar-refractivity contribution in [2.24, 2.45) is 11.8 Å². The van der Waals surface area contributed by atoms with Gasteiger partial charge in [0.1, 0.15) is 0 Å².